The van der Waals surface area contributed by atoms with Gasteiger partial charge in [-0.15, -0.1) is 10.2 Å². The Kier molecular flexibility index (Phi) is 6.00. The normalized spacial score (nSPS) is 19.5. The van der Waals surface area contributed by atoms with Gasteiger partial charge in [0.15, 0.2) is 0 Å². The number of hydrogen-bond acceptors (Lipinski definition) is 7. The fourth-order valence-electron chi connectivity index (χ4n) is 3.33. The Bertz CT molecular complexity index is 787. The molecule has 2 aromatic rings. The van der Waals surface area contributed by atoms with Gasteiger partial charge in [-0.05, 0) is 45.2 Å². The summed E-state index contributed by atoms with van der Waals surface area (Å²) in [4.78, 5) is 14.7. The average Bonchev–Trinajstić information content (AvgIpc) is 3.09. The van der Waals surface area contributed by atoms with Crippen LogP contribution in [0, 0.1) is 0 Å². The second kappa shape index (κ2) is 8.43. The van der Waals surface area contributed by atoms with E-state index >= 15 is 0 Å². The molecule has 0 aliphatic carbocycles. The fourth-order valence-corrected chi connectivity index (χ4v) is 4.28. The summed E-state index contributed by atoms with van der Waals surface area (Å²) in [6.07, 6.45) is 3.51. The maximum atomic E-state index is 12.4. The number of benzene rings is 1. The van der Waals surface area contributed by atoms with Crippen LogP contribution in [0.15, 0.2) is 18.2 Å². The van der Waals surface area contributed by atoms with Crippen molar-refractivity contribution in [2.45, 2.75) is 45.2 Å². The summed E-state index contributed by atoms with van der Waals surface area (Å²) in [7, 11) is 3.11. The van der Waals surface area contributed by atoms with E-state index in [4.69, 9.17) is 9.47 Å². The van der Waals surface area contributed by atoms with Crippen molar-refractivity contribution in [3.8, 4) is 11.5 Å². The van der Waals surface area contributed by atoms with Crippen LogP contribution < -0.4 is 25.0 Å². The second-order valence-electron chi connectivity index (χ2n) is 6.57. The molecule has 0 bridgehead atoms. The van der Waals surface area contributed by atoms with Gasteiger partial charge in [-0.25, -0.2) is 4.79 Å². The third-order valence-corrected chi connectivity index (χ3v) is 5.56. The number of aromatic nitrogens is 2. The molecule has 2 atom stereocenters. The van der Waals surface area contributed by atoms with Crippen molar-refractivity contribution in [1.29, 1.82) is 0 Å². The van der Waals surface area contributed by atoms with Crippen molar-refractivity contribution in [3.63, 3.8) is 0 Å². The van der Waals surface area contributed by atoms with Gasteiger partial charge in [0, 0.05) is 18.2 Å². The van der Waals surface area contributed by atoms with Crippen LogP contribution in [0.5, 0.6) is 11.5 Å². The summed E-state index contributed by atoms with van der Waals surface area (Å²) in [6, 6.07) is 5.62. The summed E-state index contributed by atoms with van der Waals surface area (Å²) in [5.74, 6) is 1.16. The Morgan fingerprint density at radius 2 is 1.89 bits per heavy atom. The van der Waals surface area contributed by atoms with Gasteiger partial charge >= 0.3 is 6.03 Å². The van der Waals surface area contributed by atoms with Crippen LogP contribution in [0.3, 0.4) is 0 Å². The van der Waals surface area contributed by atoms with Crippen molar-refractivity contribution >= 4 is 33.3 Å². The smallest absolute Gasteiger partial charge is 0.325 e. The van der Waals surface area contributed by atoms with Gasteiger partial charge in [0.2, 0.25) is 10.3 Å². The highest BCUT2D eigenvalue weighted by molar-refractivity contribution is 7.19. The largest absolute Gasteiger partial charge is 0.497 e. The van der Waals surface area contributed by atoms with Crippen LogP contribution in [-0.4, -0.2) is 42.5 Å². The highest BCUT2D eigenvalue weighted by Gasteiger charge is 2.27. The summed E-state index contributed by atoms with van der Waals surface area (Å²) >= 11 is 1.38. The minimum absolute atomic E-state index is 0.413. The van der Waals surface area contributed by atoms with Crippen LogP contribution in [0.4, 0.5) is 20.7 Å². The van der Waals surface area contributed by atoms with E-state index in [9.17, 15) is 4.79 Å². The number of urea groups is 1. The molecule has 0 unspecified atom stereocenters. The lowest BCUT2D eigenvalue weighted by atomic mass is 9.98. The molecule has 2 heterocycles. The molecule has 146 valence electrons. The average molecular weight is 391 g/mol. The zero-order valence-corrected chi connectivity index (χ0v) is 16.8. The highest BCUT2D eigenvalue weighted by atomic mass is 32.1. The molecule has 0 saturated carbocycles. The SMILES string of the molecule is COc1ccc(OC)c(NC(=O)Nc2nnc(N3[C@H](C)CCC[C@@H]3C)s2)c1. The molecule has 3 rings (SSSR count). The molecule has 1 aliphatic heterocycles. The number of carbonyl (C=O) groups excluding carboxylic acids is 1. The first-order chi connectivity index (χ1) is 13.0. The van der Waals surface area contributed by atoms with Crippen molar-refractivity contribution in [3.05, 3.63) is 18.2 Å². The van der Waals surface area contributed by atoms with Crippen molar-refractivity contribution < 1.29 is 14.3 Å². The van der Waals surface area contributed by atoms with Crippen LogP contribution in [0.1, 0.15) is 33.1 Å². The summed E-state index contributed by atoms with van der Waals surface area (Å²) in [5, 5.41) is 15.2. The molecule has 1 aliphatic rings. The number of ether oxygens (including phenoxy) is 2. The Hall–Kier alpha value is -2.55. The molecule has 27 heavy (non-hydrogen) atoms. The number of methoxy groups -OCH3 is 2. The third-order valence-electron chi connectivity index (χ3n) is 4.70. The minimum Gasteiger partial charge on any atom is -0.497 e. The molecule has 1 aromatic carbocycles. The van der Waals surface area contributed by atoms with Gasteiger partial charge in [-0.3, -0.25) is 5.32 Å². The van der Waals surface area contributed by atoms with E-state index in [-0.39, 0.29) is 0 Å². The van der Waals surface area contributed by atoms with E-state index in [0.29, 0.717) is 34.4 Å². The van der Waals surface area contributed by atoms with Crippen LogP contribution in [-0.2, 0) is 0 Å². The molecule has 0 spiro atoms. The van der Waals surface area contributed by atoms with Gasteiger partial charge in [0.1, 0.15) is 11.5 Å². The van der Waals surface area contributed by atoms with Gasteiger partial charge in [0.05, 0.1) is 19.9 Å². The summed E-state index contributed by atoms with van der Waals surface area (Å²) in [5.41, 5.74) is 0.511. The van der Waals surface area contributed by atoms with E-state index in [1.807, 2.05) is 0 Å². The number of nitrogens with one attached hydrogen (secondary N) is 2. The molecular weight excluding hydrogens is 366 g/mol. The number of rotatable bonds is 5. The number of anilines is 3. The monoisotopic (exact) mass is 391 g/mol. The van der Waals surface area contributed by atoms with E-state index in [0.717, 1.165) is 18.0 Å². The fraction of sp³-hybridized carbons (Fsp3) is 0.500. The van der Waals surface area contributed by atoms with Gasteiger partial charge < -0.3 is 19.7 Å². The van der Waals surface area contributed by atoms with Crippen LogP contribution in [0.25, 0.3) is 0 Å². The zero-order chi connectivity index (χ0) is 19.4. The van der Waals surface area contributed by atoms with Crippen molar-refractivity contribution in [1.82, 2.24) is 10.2 Å². The summed E-state index contributed by atoms with van der Waals surface area (Å²) < 4.78 is 10.5. The first-order valence-electron chi connectivity index (χ1n) is 8.93. The minimum atomic E-state index is -0.413. The van der Waals surface area contributed by atoms with Gasteiger partial charge in [-0.1, -0.05) is 11.3 Å². The Labute approximate surface area is 162 Å². The number of nitrogens with zero attached hydrogens (tertiary/aromatic N) is 3. The molecule has 1 aromatic heterocycles. The lowest BCUT2D eigenvalue weighted by Gasteiger charge is -2.38. The second-order valence-corrected chi connectivity index (χ2v) is 7.53. The first kappa shape index (κ1) is 19.2. The standard InChI is InChI=1S/C18H25N5O3S/c1-11-6-5-7-12(2)23(11)18-22-21-17(27-18)20-16(24)19-14-10-13(25-3)8-9-15(14)26-4/h8-12H,5-7H2,1-4H3,(H2,19,20,21,24)/t11-,12+. The molecule has 1 saturated heterocycles. The zero-order valence-electron chi connectivity index (χ0n) is 16.0. The van der Waals surface area contributed by atoms with Crippen LogP contribution >= 0.6 is 11.3 Å². The number of piperidine rings is 1. The molecule has 2 N–H and O–H groups in total. The first-order valence-corrected chi connectivity index (χ1v) is 9.75. The predicted molar refractivity (Wildman–Crippen MR) is 107 cm³/mol. The van der Waals surface area contributed by atoms with Gasteiger partial charge in [0.25, 0.3) is 0 Å². The van der Waals surface area contributed by atoms with Crippen molar-refractivity contribution in [2.75, 3.05) is 29.8 Å². The van der Waals surface area contributed by atoms with Crippen LogP contribution in [0.2, 0.25) is 0 Å². The van der Waals surface area contributed by atoms with E-state index in [1.54, 1.807) is 32.4 Å². The topological polar surface area (TPSA) is 88.6 Å². The molecular formula is C18H25N5O3S. The maximum absolute atomic E-state index is 12.4. The molecule has 1 fully saturated rings. The van der Waals surface area contributed by atoms with E-state index < -0.39 is 6.03 Å². The lowest BCUT2D eigenvalue weighted by Crippen LogP contribution is -2.43. The molecule has 2 amide bonds. The highest BCUT2D eigenvalue weighted by Crippen LogP contribution is 2.33. The van der Waals surface area contributed by atoms with E-state index in [2.05, 4.69) is 39.6 Å². The predicted octanol–water partition coefficient (Wildman–Crippen LogP) is 3.97. The molecule has 9 heteroatoms. The third kappa shape index (κ3) is 4.41. The molecule has 0 radical (unpaired) electrons. The Morgan fingerprint density at radius 1 is 1.15 bits per heavy atom. The quantitative estimate of drug-likeness (QED) is 0.802. The molecule has 8 nitrogen and oxygen atoms in total. The number of amides is 2. The van der Waals surface area contributed by atoms with Crippen molar-refractivity contribution in [2.24, 2.45) is 0 Å². The lowest BCUT2D eigenvalue weighted by molar-refractivity contribution is 0.262. The maximum Gasteiger partial charge on any atom is 0.325 e. The number of carbonyl (C=O) groups is 1. The van der Waals surface area contributed by atoms with E-state index in [1.165, 1.54) is 17.8 Å². The summed E-state index contributed by atoms with van der Waals surface area (Å²) in [6.45, 7) is 4.40. The number of hydrogen-bond donors (Lipinski definition) is 2. The van der Waals surface area contributed by atoms with Gasteiger partial charge in [-0.2, -0.15) is 0 Å². The Morgan fingerprint density at radius 3 is 2.56 bits per heavy atom. The Balaban J connectivity index is 1.68.